The molecule has 1 aromatic rings. The summed E-state index contributed by atoms with van der Waals surface area (Å²) in [6.45, 7) is 13.8. The molecule has 0 radical (unpaired) electrons. The first-order chi connectivity index (χ1) is 31.9. The lowest BCUT2D eigenvalue weighted by atomic mass is 10.0. The minimum absolute atomic E-state index is 0.0234. The van der Waals surface area contributed by atoms with Crippen molar-refractivity contribution in [2.75, 3.05) is 26.7 Å². The fourth-order valence-corrected chi connectivity index (χ4v) is 9.18. The molecule has 0 fully saturated rings. The number of carbonyl (C=O) groups excluding carboxylic acids is 2. The highest BCUT2D eigenvalue weighted by Crippen LogP contribution is 2.20. The van der Waals surface area contributed by atoms with Gasteiger partial charge in [-0.25, -0.2) is 0 Å². The van der Waals surface area contributed by atoms with E-state index in [2.05, 4.69) is 54.4 Å². The second kappa shape index (κ2) is 47.1. The molecule has 0 atom stereocenters. The van der Waals surface area contributed by atoms with Gasteiger partial charge in [0.1, 0.15) is 12.2 Å². The number of aromatic nitrogens is 3. The quantitative estimate of drug-likeness (QED) is 0.0510. The highest BCUT2D eigenvalue weighted by Gasteiger charge is 2.16. The number of nitrogens with zero attached hydrogens (tertiary/aromatic N) is 4. The molecule has 0 bridgehead atoms. The first-order valence-electron chi connectivity index (χ1n) is 28.6. The van der Waals surface area contributed by atoms with E-state index in [0.717, 1.165) is 103 Å². The molecule has 1 aromatic heterocycles. The molecule has 0 unspecified atom stereocenters. The van der Waals surface area contributed by atoms with Crippen LogP contribution < -0.4 is 5.32 Å². The first-order valence-corrected chi connectivity index (χ1v) is 28.6. The maximum atomic E-state index is 12.9. The monoisotopic (exact) mass is 916 g/mol. The Morgan fingerprint density at radius 3 is 1.20 bits per heavy atom. The van der Waals surface area contributed by atoms with E-state index in [9.17, 15) is 9.59 Å². The van der Waals surface area contributed by atoms with Crippen molar-refractivity contribution < 1.29 is 19.1 Å². The Kier molecular flexibility index (Phi) is 44.2. The predicted molar refractivity (Wildman–Crippen MR) is 276 cm³/mol. The van der Waals surface area contributed by atoms with E-state index in [0.29, 0.717) is 12.8 Å². The van der Waals surface area contributed by atoms with Crippen LogP contribution in [0.25, 0.3) is 0 Å². The van der Waals surface area contributed by atoms with E-state index < -0.39 is 0 Å². The van der Waals surface area contributed by atoms with Gasteiger partial charge in [-0.1, -0.05) is 200 Å². The summed E-state index contributed by atoms with van der Waals surface area (Å²) in [5.41, 5.74) is 0.976. The minimum atomic E-state index is 0.0234. The molecular weight excluding hydrogens is 807 g/mol. The average molecular weight is 917 g/mol. The fourth-order valence-electron chi connectivity index (χ4n) is 9.18. The lowest BCUT2D eigenvalue weighted by molar-refractivity contribution is -0.151. The van der Waals surface area contributed by atoms with Crippen LogP contribution in [0.15, 0.2) is 6.20 Å². The molecule has 1 heterocycles. The summed E-state index contributed by atoms with van der Waals surface area (Å²) in [5, 5.41) is 11.9. The van der Waals surface area contributed by atoms with E-state index in [1.807, 2.05) is 11.7 Å². The normalized spacial score (nSPS) is 11.8. The van der Waals surface area contributed by atoms with Crippen molar-refractivity contribution in [3.63, 3.8) is 0 Å². The minimum Gasteiger partial charge on any atom is -0.462 e. The summed E-state index contributed by atoms with van der Waals surface area (Å²) in [4.78, 5) is 28.4. The maximum Gasteiger partial charge on any atom is 0.306 e. The predicted octanol–water partition coefficient (Wildman–Crippen LogP) is 15.8. The Morgan fingerprint density at radius 2 is 0.831 bits per heavy atom. The number of unbranched alkanes of at least 4 members (excludes halogenated alkanes) is 28. The topological polar surface area (TPSA) is 98.6 Å². The van der Waals surface area contributed by atoms with Gasteiger partial charge < -0.3 is 19.7 Å². The number of nitrogens with one attached hydrogen (secondary N) is 1. The van der Waals surface area contributed by atoms with Gasteiger partial charge in [-0.2, -0.15) is 0 Å². The standard InChI is InChI=1S/C56H109N5O4/c1-6-10-14-18-24-32-40-53(41-33-25-19-15-11-7-2)64-55(62)44-36-28-22-30-38-46-60(48-49-61-51-52(50-57-5)58-59-61)47-39-31-23-29-37-45-56(63)65-54(42-34-26-20-16-12-8-3)43-35-27-21-17-13-9-4/h51,53-54,57H,6-50H2,1-5H3. The summed E-state index contributed by atoms with van der Waals surface area (Å²) >= 11 is 0. The number of rotatable bonds is 51. The number of esters is 2. The number of hydrogen-bond donors (Lipinski definition) is 1. The van der Waals surface area contributed by atoms with E-state index in [1.54, 1.807) is 0 Å². The van der Waals surface area contributed by atoms with Gasteiger partial charge in [-0.3, -0.25) is 14.3 Å². The van der Waals surface area contributed by atoms with E-state index in [4.69, 9.17) is 9.47 Å². The summed E-state index contributed by atoms with van der Waals surface area (Å²) in [6.07, 6.45) is 49.4. The summed E-state index contributed by atoms with van der Waals surface area (Å²) in [7, 11) is 1.94. The van der Waals surface area contributed by atoms with Gasteiger partial charge in [0, 0.05) is 32.1 Å². The molecule has 382 valence electrons. The highest BCUT2D eigenvalue weighted by atomic mass is 16.5. The molecular formula is C56H109N5O4. The molecule has 0 saturated heterocycles. The van der Waals surface area contributed by atoms with Gasteiger partial charge in [0.05, 0.1) is 12.2 Å². The number of carbonyl (C=O) groups is 2. The van der Waals surface area contributed by atoms with Crippen molar-refractivity contribution in [2.45, 2.75) is 310 Å². The zero-order chi connectivity index (χ0) is 47.1. The van der Waals surface area contributed by atoms with Crippen LogP contribution in [0.3, 0.4) is 0 Å². The number of hydrogen-bond acceptors (Lipinski definition) is 8. The molecule has 0 aliphatic carbocycles. The molecule has 9 nitrogen and oxygen atoms in total. The SMILES string of the molecule is CCCCCCCCC(CCCCCCCC)OC(=O)CCCCCCCN(CCCCCCCC(=O)OC(CCCCCCCC)CCCCCCCC)CCn1cc(CNC)nn1. The molecule has 1 rings (SSSR count). The maximum absolute atomic E-state index is 12.9. The van der Waals surface area contributed by atoms with Crippen molar-refractivity contribution >= 4 is 11.9 Å². The molecule has 0 aliphatic heterocycles. The van der Waals surface area contributed by atoms with Gasteiger partial charge in [-0.05, 0) is 97.2 Å². The van der Waals surface area contributed by atoms with Gasteiger partial charge >= 0.3 is 11.9 Å². The molecule has 1 N–H and O–H groups in total. The zero-order valence-electron chi connectivity index (χ0n) is 44.0. The average Bonchev–Trinajstić information content (AvgIpc) is 3.76. The van der Waals surface area contributed by atoms with Gasteiger partial charge in [-0.15, -0.1) is 5.10 Å². The van der Waals surface area contributed by atoms with Crippen LogP contribution in [0.1, 0.15) is 290 Å². The third-order valence-corrected chi connectivity index (χ3v) is 13.4. The van der Waals surface area contributed by atoms with Crippen LogP contribution in [-0.2, 0) is 32.2 Å². The fraction of sp³-hybridized carbons (Fsp3) is 0.929. The van der Waals surface area contributed by atoms with Crippen LogP contribution in [0.5, 0.6) is 0 Å². The Morgan fingerprint density at radius 1 is 0.492 bits per heavy atom. The molecule has 0 aromatic carbocycles. The van der Waals surface area contributed by atoms with Crippen LogP contribution in [-0.4, -0.2) is 70.7 Å². The second-order valence-electron chi connectivity index (χ2n) is 19.8. The van der Waals surface area contributed by atoms with Gasteiger partial charge in [0.25, 0.3) is 0 Å². The molecule has 0 saturated carbocycles. The van der Waals surface area contributed by atoms with E-state index >= 15 is 0 Å². The third-order valence-electron chi connectivity index (χ3n) is 13.4. The lowest BCUT2D eigenvalue weighted by Gasteiger charge is -2.22. The van der Waals surface area contributed by atoms with Crippen LogP contribution in [0.2, 0.25) is 0 Å². The Bertz CT molecular complexity index is 1070. The molecule has 0 amide bonds. The van der Waals surface area contributed by atoms with Gasteiger partial charge in [0.15, 0.2) is 0 Å². The largest absolute Gasteiger partial charge is 0.462 e. The van der Waals surface area contributed by atoms with Gasteiger partial charge in [0.2, 0.25) is 0 Å². The van der Waals surface area contributed by atoms with Crippen molar-refractivity contribution in [1.82, 2.24) is 25.2 Å². The summed E-state index contributed by atoms with van der Waals surface area (Å²) < 4.78 is 14.2. The van der Waals surface area contributed by atoms with Crippen LogP contribution in [0, 0.1) is 0 Å². The van der Waals surface area contributed by atoms with Crippen molar-refractivity contribution in [1.29, 1.82) is 0 Å². The molecule has 0 spiro atoms. The van der Waals surface area contributed by atoms with Crippen molar-refractivity contribution in [3.05, 3.63) is 11.9 Å². The van der Waals surface area contributed by atoms with Crippen LogP contribution >= 0.6 is 0 Å². The zero-order valence-corrected chi connectivity index (χ0v) is 44.0. The third kappa shape index (κ3) is 39.7. The van der Waals surface area contributed by atoms with Crippen molar-refractivity contribution in [3.8, 4) is 0 Å². The lowest BCUT2D eigenvalue weighted by Crippen LogP contribution is -2.30. The van der Waals surface area contributed by atoms with Crippen molar-refractivity contribution in [2.24, 2.45) is 0 Å². The Labute approximate surface area is 403 Å². The Balaban J connectivity index is 2.45. The number of ether oxygens (including phenoxy) is 2. The van der Waals surface area contributed by atoms with E-state index in [1.165, 1.54) is 180 Å². The second-order valence-corrected chi connectivity index (χ2v) is 19.8. The molecule has 0 aliphatic rings. The highest BCUT2D eigenvalue weighted by molar-refractivity contribution is 5.69. The Hall–Kier alpha value is -2.00. The molecule has 9 heteroatoms. The molecule has 65 heavy (non-hydrogen) atoms. The summed E-state index contributed by atoms with van der Waals surface area (Å²) in [6, 6.07) is 0. The smallest absolute Gasteiger partial charge is 0.306 e. The van der Waals surface area contributed by atoms with Crippen LogP contribution in [0.4, 0.5) is 0 Å². The summed E-state index contributed by atoms with van der Waals surface area (Å²) in [5.74, 6) is 0.0469. The first kappa shape index (κ1) is 61.0. The van der Waals surface area contributed by atoms with E-state index in [-0.39, 0.29) is 24.1 Å².